The van der Waals surface area contributed by atoms with Crippen LogP contribution in [0.3, 0.4) is 0 Å². The molecule has 0 radical (unpaired) electrons. The summed E-state index contributed by atoms with van der Waals surface area (Å²) in [5.41, 5.74) is 6.30. The first-order valence-corrected chi connectivity index (χ1v) is 8.50. The first-order valence-electron chi connectivity index (χ1n) is 8.50. The normalized spacial score (nSPS) is 13.1. The summed E-state index contributed by atoms with van der Waals surface area (Å²) in [6.45, 7) is 7.09. The van der Waals surface area contributed by atoms with E-state index in [1.807, 2.05) is 30.3 Å². The van der Waals surface area contributed by atoms with Gasteiger partial charge in [0.05, 0.1) is 0 Å². The van der Waals surface area contributed by atoms with Crippen molar-refractivity contribution in [3.05, 3.63) is 35.9 Å². The van der Waals surface area contributed by atoms with E-state index in [1.54, 1.807) is 0 Å². The van der Waals surface area contributed by atoms with Crippen molar-refractivity contribution >= 4 is 5.97 Å². The van der Waals surface area contributed by atoms with E-state index in [-0.39, 0.29) is 0 Å². The van der Waals surface area contributed by atoms with Crippen molar-refractivity contribution in [3.8, 4) is 0 Å². The van der Waals surface area contributed by atoms with E-state index in [4.69, 9.17) is 15.9 Å². The van der Waals surface area contributed by atoms with Gasteiger partial charge in [-0.15, -0.1) is 0 Å². The van der Waals surface area contributed by atoms with Gasteiger partial charge in [0.15, 0.2) is 0 Å². The Bertz CT molecular complexity index is 406. The Morgan fingerprint density at radius 1 is 1.09 bits per heavy atom. The van der Waals surface area contributed by atoms with Crippen molar-refractivity contribution in [1.82, 2.24) is 0 Å². The van der Waals surface area contributed by atoms with Gasteiger partial charge in [0.25, 0.3) is 0 Å². The molecule has 2 atom stereocenters. The van der Waals surface area contributed by atoms with Gasteiger partial charge in [-0.25, -0.2) is 0 Å². The lowest BCUT2D eigenvalue weighted by Crippen LogP contribution is -2.32. The number of hydrogen-bond acceptors (Lipinski definition) is 3. The minimum absolute atomic E-state index is 0.350. The number of hydrogen-bond donors (Lipinski definition) is 3. The Labute approximate surface area is 140 Å². The highest BCUT2D eigenvalue weighted by molar-refractivity contribution is 5.73. The lowest BCUT2D eigenvalue weighted by atomic mass is 9.98. The quantitative estimate of drug-likeness (QED) is 0.650. The largest absolute Gasteiger partial charge is 0.480 e. The topological polar surface area (TPSA) is 83.5 Å². The van der Waals surface area contributed by atoms with Crippen LogP contribution in [0.2, 0.25) is 0 Å². The molecule has 4 N–H and O–H groups in total. The molecular formula is C19H33NO3. The highest BCUT2D eigenvalue weighted by Gasteiger charge is 2.10. The number of carbonyl (C=O) groups is 1. The number of aliphatic hydroxyl groups is 1. The van der Waals surface area contributed by atoms with Gasteiger partial charge in [0.1, 0.15) is 6.04 Å². The van der Waals surface area contributed by atoms with Crippen molar-refractivity contribution in [2.75, 3.05) is 6.61 Å². The van der Waals surface area contributed by atoms with Crippen LogP contribution < -0.4 is 5.73 Å². The molecule has 1 unspecified atom stereocenters. The van der Waals surface area contributed by atoms with Gasteiger partial charge in [0, 0.05) is 6.61 Å². The highest BCUT2D eigenvalue weighted by Crippen LogP contribution is 2.14. The van der Waals surface area contributed by atoms with Crippen LogP contribution in [-0.4, -0.2) is 28.8 Å². The number of benzene rings is 1. The highest BCUT2D eigenvalue weighted by atomic mass is 16.4. The van der Waals surface area contributed by atoms with Crippen molar-refractivity contribution in [2.24, 2.45) is 17.6 Å². The Balaban J connectivity index is 0.000000423. The van der Waals surface area contributed by atoms with E-state index in [0.717, 1.165) is 17.9 Å². The van der Waals surface area contributed by atoms with Crippen LogP contribution in [0, 0.1) is 11.8 Å². The molecule has 0 spiro atoms. The van der Waals surface area contributed by atoms with Crippen LogP contribution in [0.1, 0.15) is 52.0 Å². The van der Waals surface area contributed by atoms with Crippen LogP contribution in [-0.2, 0) is 11.2 Å². The van der Waals surface area contributed by atoms with E-state index in [1.165, 1.54) is 19.3 Å². The summed E-state index contributed by atoms with van der Waals surface area (Å²) in [7, 11) is 0. The maximum Gasteiger partial charge on any atom is 0.320 e. The number of carboxylic acid groups (broad SMARTS) is 1. The zero-order valence-electron chi connectivity index (χ0n) is 14.7. The average molecular weight is 323 g/mol. The third-order valence-electron chi connectivity index (χ3n) is 3.72. The zero-order chi connectivity index (χ0) is 17.7. The van der Waals surface area contributed by atoms with Gasteiger partial charge in [-0.3, -0.25) is 4.79 Å². The van der Waals surface area contributed by atoms with E-state index < -0.39 is 12.0 Å². The van der Waals surface area contributed by atoms with Crippen LogP contribution in [0.15, 0.2) is 30.3 Å². The van der Waals surface area contributed by atoms with Gasteiger partial charge in [-0.2, -0.15) is 0 Å². The molecule has 0 aromatic heterocycles. The van der Waals surface area contributed by atoms with Crippen LogP contribution in [0.5, 0.6) is 0 Å². The van der Waals surface area contributed by atoms with E-state index in [0.29, 0.717) is 18.9 Å². The molecule has 0 amide bonds. The minimum Gasteiger partial charge on any atom is -0.480 e. The summed E-state index contributed by atoms with van der Waals surface area (Å²) in [4.78, 5) is 10.4. The fraction of sp³-hybridized carbons (Fsp3) is 0.632. The fourth-order valence-corrected chi connectivity index (χ4v) is 2.19. The number of aliphatic carboxylic acids is 1. The molecule has 0 fully saturated rings. The predicted octanol–water partition coefficient (Wildman–Crippen LogP) is 3.47. The van der Waals surface area contributed by atoms with E-state index in [9.17, 15) is 4.79 Å². The molecule has 132 valence electrons. The summed E-state index contributed by atoms with van der Waals surface area (Å²) in [6, 6.07) is 8.54. The summed E-state index contributed by atoms with van der Waals surface area (Å²) >= 11 is 0. The Morgan fingerprint density at radius 2 is 1.70 bits per heavy atom. The Kier molecular flexibility index (Phi) is 12.3. The first-order chi connectivity index (χ1) is 10.9. The van der Waals surface area contributed by atoms with Gasteiger partial charge in [0.2, 0.25) is 0 Å². The maximum absolute atomic E-state index is 10.4. The standard InChI is InChI=1S/C10H22O.C9H11NO2/c1-9(2)5-4-6-10(3)7-8-11;10-8(9(11)12)6-7-4-2-1-3-5-7/h9-11H,4-8H2,1-3H3;1-5,8H,6,10H2,(H,11,12)/t;8-/m.0/s1. The van der Waals surface area contributed by atoms with E-state index in [2.05, 4.69) is 20.8 Å². The molecular weight excluding hydrogens is 290 g/mol. The lowest BCUT2D eigenvalue weighted by Gasteiger charge is -2.09. The molecule has 0 heterocycles. The SMILES string of the molecule is CC(C)CCCC(C)CCO.N[C@@H](Cc1ccccc1)C(=O)O. The minimum atomic E-state index is -0.959. The van der Waals surface area contributed by atoms with Crippen LogP contribution >= 0.6 is 0 Å². The van der Waals surface area contributed by atoms with Gasteiger partial charge in [-0.1, -0.05) is 70.4 Å². The third kappa shape index (κ3) is 12.8. The zero-order valence-corrected chi connectivity index (χ0v) is 14.7. The molecule has 0 saturated heterocycles. The second-order valence-corrected chi connectivity index (χ2v) is 6.58. The van der Waals surface area contributed by atoms with Crippen molar-refractivity contribution in [2.45, 2.75) is 58.9 Å². The maximum atomic E-state index is 10.4. The summed E-state index contributed by atoms with van der Waals surface area (Å²) in [5.74, 6) is 0.578. The van der Waals surface area contributed by atoms with Gasteiger partial charge >= 0.3 is 5.97 Å². The number of rotatable bonds is 9. The van der Waals surface area contributed by atoms with Gasteiger partial charge in [-0.05, 0) is 30.2 Å². The number of nitrogens with two attached hydrogens (primary N) is 1. The smallest absolute Gasteiger partial charge is 0.320 e. The molecule has 4 nitrogen and oxygen atoms in total. The van der Waals surface area contributed by atoms with Crippen molar-refractivity contribution in [1.29, 1.82) is 0 Å². The predicted molar refractivity (Wildman–Crippen MR) is 95.3 cm³/mol. The van der Waals surface area contributed by atoms with Crippen LogP contribution in [0.25, 0.3) is 0 Å². The van der Waals surface area contributed by atoms with Gasteiger partial charge < -0.3 is 15.9 Å². The second-order valence-electron chi connectivity index (χ2n) is 6.58. The molecule has 0 aliphatic rings. The summed E-state index contributed by atoms with van der Waals surface area (Å²) in [5, 5.41) is 17.2. The third-order valence-corrected chi connectivity index (χ3v) is 3.72. The van der Waals surface area contributed by atoms with Crippen LogP contribution in [0.4, 0.5) is 0 Å². The first kappa shape index (κ1) is 21.6. The monoisotopic (exact) mass is 323 g/mol. The molecule has 1 rings (SSSR count). The average Bonchev–Trinajstić information content (AvgIpc) is 2.48. The summed E-state index contributed by atoms with van der Waals surface area (Å²) in [6.07, 6.45) is 5.28. The molecule has 0 aliphatic carbocycles. The van der Waals surface area contributed by atoms with Crippen molar-refractivity contribution in [3.63, 3.8) is 0 Å². The second kappa shape index (κ2) is 13.1. The number of carboxylic acids is 1. The molecule has 1 aromatic carbocycles. The molecule has 1 aromatic rings. The summed E-state index contributed by atoms with van der Waals surface area (Å²) < 4.78 is 0. The van der Waals surface area contributed by atoms with E-state index >= 15 is 0 Å². The Hall–Kier alpha value is -1.39. The molecule has 0 bridgehead atoms. The number of aliphatic hydroxyl groups excluding tert-OH is 1. The molecule has 23 heavy (non-hydrogen) atoms. The molecule has 0 saturated carbocycles. The fourth-order valence-electron chi connectivity index (χ4n) is 2.19. The Morgan fingerprint density at radius 3 is 2.17 bits per heavy atom. The lowest BCUT2D eigenvalue weighted by molar-refractivity contribution is -0.138. The molecule has 4 heteroatoms. The molecule has 0 aliphatic heterocycles. The van der Waals surface area contributed by atoms with Crippen molar-refractivity contribution < 1.29 is 15.0 Å².